The second-order valence-corrected chi connectivity index (χ2v) is 11.7. The van der Waals surface area contributed by atoms with Crippen molar-refractivity contribution in [1.82, 2.24) is 4.57 Å². The average molecular weight is 574 g/mol. The van der Waals surface area contributed by atoms with Gasteiger partial charge in [-0.2, -0.15) is 0 Å². The van der Waals surface area contributed by atoms with Crippen LogP contribution in [0.3, 0.4) is 0 Å². The Labute approximate surface area is 250 Å². The van der Waals surface area contributed by atoms with Crippen LogP contribution in [0, 0.1) is 11.8 Å². The summed E-state index contributed by atoms with van der Waals surface area (Å²) in [5, 5.41) is 31.8. The zero-order chi connectivity index (χ0) is 30.2. The van der Waals surface area contributed by atoms with Gasteiger partial charge in [0.1, 0.15) is 11.5 Å². The Morgan fingerprint density at radius 2 is 1.31 bits per heavy atom. The lowest BCUT2D eigenvalue weighted by molar-refractivity contribution is -0.0695. The zero-order valence-corrected chi connectivity index (χ0v) is 25.7. The fourth-order valence-electron chi connectivity index (χ4n) is 6.44. The maximum absolute atomic E-state index is 10.5. The predicted molar refractivity (Wildman–Crippen MR) is 169 cm³/mol. The number of aromatic hydroxyl groups is 3. The van der Waals surface area contributed by atoms with Gasteiger partial charge in [0.25, 0.3) is 0 Å². The second-order valence-electron chi connectivity index (χ2n) is 11.7. The smallest absolute Gasteiger partial charge is 0.202 e. The van der Waals surface area contributed by atoms with Crippen molar-refractivity contribution in [3.63, 3.8) is 0 Å². The number of phenols is 1. The number of benzene rings is 3. The summed E-state index contributed by atoms with van der Waals surface area (Å²) in [5.41, 5.74) is 2.64. The first kappa shape index (κ1) is 31.3. The van der Waals surface area contributed by atoms with Gasteiger partial charge in [0.05, 0.1) is 13.2 Å². The highest BCUT2D eigenvalue weighted by Gasteiger charge is 2.22. The zero-order valence-electron chi connectivity index (χ0n) is 25.7. The van der Waals surface area contributed by atoms with Crippen molar-refractivity contribution in [2.24, 2.45) is 11.8 Å². The highest BCUT2D eigenvalue weighted by molar-refractivity contribution is 5.92. The Morgan fingerprint density at radius 3 is 1.88 bits per heavy atom. The molecule has 0 amide bonds. The molecule has 0 bridgehead atoms. The molecule has 42 heavy (non-hydrogen) atoms. The van der Waals surface area contributed by atoms with Gasteiger partial charge >= 0.3 is 0 Å². The van der Waals surface area contributed by atoms with Crippen LogP contribution in [0.25, 0.3) is 10.8 Å². The third-order valence-electron chi connectivity index (χ3n) is 8.64. The Kier molecular flexibility index (Phi) is 10.8. The lowest BCUT2D eigenvalue weighted by Gasteiger charge is -2.28. The number of nitrogens with zero attached hydrogens (tertiary/aromatic N) is 1. The Morgan fingerprint density at radius 1 is 0.714 bits per heavy atom. The molecule has 0 aliphatic heterocycles. The summed E-state index contributed by atoms with van der Waals surface area (Å²) in [4.78, 5) is 0. The van der Waals surface area contributed by atoms with E-state index in [4.69, 9.17) is 9.47 Å². The van der Waals surface area contributed by atoms with Gasteiger partial charge in [-0.1, -0.05) is 64.1 Å². The van der Waals surface area contributed by atoms with Gasteiger partial charge in [-0.15, -0.1) is 0 Å². The number of rotatable bonds is 15. The fraction of sp³-hybridized carbons (Fsp3) is 0.444. The number of phenolic OH excluding ortho intramolecular Hbond substituents is 1. The normalized spacial score (nSPS) is 15.3. The first-order chi connectivity index (χ1) is 20.2. The van der Waals surface area contributed by atoms with Crippen molar-refractivity contribution in [3.05, 3.63) is 83.9 Å². The number of fused-ring (bicyclic) bond motifs is 1. The van der Waals surface area contributed by atoms with Gasteiger partial charge in [-0.3, -0.25) is 4.57 Å². The number of ether oxygens (including phenoxy) is 2. The van der Waals surface area contributed by atoms with Crippen LogP contribution in [-0.2, 0) is 11.3 Å². The van der Waals surface area contributed by atoms with Gasteiger partial charge < -0.3 is 24.8 Å². The first-order valence-electron chi connectivity index (χ1n) is 15.4. The molecule has 0 radical (unpaired) electrons. The van der Waals surface area contributed by atoms with Crippen LogP contribution in [0.1, 0.15) is 83.3 Å². The number of aromatic nitrogens is 1. The molecule has 4 aromatic rings. The van der Waals surface area contributed by atoms with Crippen molar-refractivity contribution >= 4 is 10.8 Å². The van der Waals surface area contributed by atoms with Crippen LogP contribution in [0.4, 0.5) is 0 Å². The molecule has 0 aliphatic carbocycles. The second kappa shape index (κ2) is 14.5. The molecule has 5 atom stereocenters. The minimum atomic E-state index is -0.478. The summed E-state index contributed by atoms with van der Waals surface area (Å²) >= 11 is 0. The van der Waals surface area contributed by atoms with Crippen molar-refractivity contribution in [2.75, 3.05) is 6.61 Å². The van der Waals surface area contributed by atoms with E-state index in [2.05, 4.69) is 52.0 Å². The van der Waals surface area contributed by atoms with E-state index in [0.29, 0.717) is 46.7 Å². The van der Waals surface area contributed by atoms with E-state index in [-0.39, 0.29) is 18.4 Å². The molecule has 3 aromatic carbocycles. The monoisotopic (exact) mass is 573 g/mol. The van der Waals surface area contributed by atoms with Crippen LogP contribution in [-0.4, -0.2) is 32.8 Å². The number of hydrogen-bond acceptors (Lipinski definition) is 5. The molecule has 0 spiro atoms. The lowest BCUT2D eigenvalue weighted by Crippen LogP contribution is -2.19. The van der Waals surface area contributed by atoms with E-state index >= 15 is 0 Å². The van der Waals surface area contributed by atoms with Gasteiger partial charge in [0, 0.05) is 10.8 Å². The Hall–Kier alpha value is -3.64. The maximum Gasteiger partial charge on any atom is 0.202 e. The van der Waals surface area contributed by atoms with Crippen LogP contribution in [0.2, 0.25) is 0 Å². The van der Waals surface area contributed by atoms with Gasteiger partial charge in [-0.05, 0) is 104 Å². The predicted octanol–water partition coefficient (Wildman–Crippen LogP) is 8.94. The van der Waals surface area contributed by atoms with Gasteiger partial charge in [0.2, 0.25) is 11.8 Å². The van der Waals surface area contributed by atoms with Crippen LogP contribution < -0.4 is 4.74 Å². The van der Waals surface area contributed by atoms with Crippen molar-refractivity contribution in [3.8, 4) is 23.3 Å². The van der Waals surface area contributed by atoms with E-state index in [1.807, 2.05) is 31.2 Å². The van der Waals surface area contributed by atoms with Crippen LogP contribution in [0.5, 0.6) is 23.3 Å². The topological polar surface area (TPSA) is 84.1 Å². The SMILES string of the molecule is CCC(CC(C)CC(C)C(CC)c1ccc(O)cc1)c1ccc(OC(C)OCCn2c(O)c3ccccc3c2O)cc1. The largest absolute Gasteiger partial charge is 0.508 e. The summed E-state index contributed by atoms with van der Waals surface area (Å²) < 4.78 is 13.3. The van der Waals surface area contributed by atoms with E-state index in [1.165, 1.54) is 22.1 Å². The third-order valence-corrected chi connectivity index (χ3v) is 8.64. The molecule has 6 heteroatoms. The molecule has 0 saturated heterocycles. The van der Waals surface area contributed by atoms with Crippen molar-refractivity contribution in [1.29, 1.82) is 0 Å². The quantitative estimate of drug-likeness (QED) is 0.124. The minimum absolute atomic E-state index is 0.0348. The molecular weight excluding hydrogens is 526 g/mol. The third kappa shape index (κ3) is 7.60. The molecule has 3 N–H and O–H groups in total. The molecule has 0 fully saturated rings. The van der Waals surface area contributed by atoms with E-state index < -0.39 is 6.29 Å². The van der Waals surface area contributed by atoms with E-state index in [9.17, 15) is 15.3 Å². The average Bonchev–Trinajstić information content (AvgIpc) is 3.22. The molecule has 1 heterocycles. The molecule has 4 rings (SSSR count). The van der Waals surface area contributed by atoms with Gasteiger partial charge in [-0.25, -0.2) is 0 Å². The van der Waals surface area contributed by atoms with Crippen molar-refractivity contribution in [2.45, 2.75) is 85.0 Å². The Balaban J connectivity index is 1.26. The molecular formula is C36H47NO5. The molecule has 0 aliphatic rings. The van der Waals surface area contributed by atoms with Crippen LogP contribution >= 0.6 is 0 Å². The van der Waals surface area contributed by atoms with Crippen molar-refractivity contribution < 1.29 is 24.8 Å². The first-order valence-corrected chi connectivity index (χ1v) is 15.4. The molecule has 226 valence electrons. The summed E-state index contributed by atoms with van der Waals surface area (Å²) in [7, 11) is 0. The highest BCUT2D eigenvalue weighted by atomic mass is 16.7. The van der Waals surface area contributed by atoms with Crippen LogP contribution in [0.15, 0.2) is 72.8 Å². The fourth-order valence-corrected chi connectivity index (χ4v) is 6.44. The molecule has 6 nitrogen and oxygen atoms in total. The summed E-state index contributed by atoms with van der Waals surface area (Å²) in [6.07, 6.45) is 4.00. The number of hydrogen-bond donors (Lipinski definition) is 3. The molecule has 1 aromatic heterocycles. The highest BCUT2D eigenvalue weighted by Crippen LogP contribution is 2.37. The van der Waals surface area contributed by atoms with E-state index in [0.717, 1.165) is 25.0 Å². The standard InChI is InChI=1S/C36H47NO5/c1-6-27(23-24(3)22-25(4)32(7-2)29-12-16-30(38)17-13-29)28-14-18-31(19-15-28)42-26(5)41-21-20-37-35(39)33-10-8-9-11-34(33)36(37)40/h8-19,24-27,32,38-40H,6-7,20-23H2,1-5H3. The minimum Gasteiger partial charge on any atom is -0.508 e. The summed E-state index contributed by atoms with van der Waals surface area (Å²) in [6.45, 7) is 11.7. The summed E-state index contributed by atoms with van der Waals surface area (Å²) in [5.74, 6) is 3.28. The lowest BCUT2D eigenvalue weighted by atomic mass is 9.77. The summed E-state index contributed by atoms with van der Waals surface area (Å²) in [6, 6.07) is 23.3. The van der Waals surface area contributed by atoms with Gasteiger partial charge in [0.15, 0.2) is 6.29 Å². The maximum atomic E-state index is 10.5. The Bertz CT molecular complexity index is 1360. The molecule has 0 saturated carbocycles. The molecule has 5 unspecified atom stereocenters. The van der Waals surface area contributed by atoms with E-state index in [1.54, 1.807) is 24.3 Å².